The first kappa shape index (κ1) is 17.1. The van der Waals surface area contributed by atoms with Gasteiger partial charge in [-0.3, -0.25) is 4.79 Å². The minimum absolute atomic E-state index is 0.115. The number of carbonyl (C=O) groups excluding carboxylic acids is 1. The molecule has 1 aromatic heterocycles. The fourth-order valence-corrected chi connectivity index (χ4v) is 2.68. The SMILES string of the molecule is CCOc1ccc(N2CCN(C(=O)c3ccc(F)cc3F)CC2)nn1. The van der Waals surface area contributed by atoms with E-state index < -0.39 is 17.5 Å². The van der Waals surface area contributed by atoms with Crippen molar-refractivity contribution >= 4 is 11.7 Å². The van der Waals surface area contributed by atoms with Crippen LogP contribution in [0.2, 0.25) is 0 Å². The van der Waals surface area contributed by atoms with E-state index in [9.17, 15) is 13.6 Å². The Morgan fingerprint density at radius 2 is 1.88 bits per heavy atom. The molecule has 0 spiro atoms. The monoisotopic (exact) mass is 348 g/mol. The summed E-state index contributed by atoms with van der Waals surface area (Å²) in [6, 6.07) is 6.55. The third-order valence-electron chi connectivity index (χ3n) is 3.97. The molecule has 0 bridgehead atoms. The average molecular weight is 348 g/mol. The van der Waals surface area contributed by atoms with Gasteiger partial charge in [0.2, 0.25) is 5.88 Å². The van der Waals surface area contributed by atoms with Gasteiger partial charge in [-0.1, -0.05) is 0 Å². The Balaban J connectivity index is 1.62. The highest BCUT2D eigenvalue weighted by Crippen LogP contribution is 2.18. The molecule has 0 atom stereocenters. The fourth-order valence-electron chi connectivity index (χ4n) is 2.68. The van der Waals surface area contributed by atoms with Gasteiger partial charge in [0.05, 0.1) is 12.2 Å². The second-order valence-electron chi connectivity index (χ2n) is 5.57. The summed E-state index contributed by atoms with van der Waals surface area (Å²) >= 11 is 0. The van der Waals surface area contributed by atoms with Crippen molar-refractivity contribution in [3.63, 3.8) is 0 Å². The van der Waals surface area contributed by atoms with E-state index in [1.165, 1.54) is 6.07 Å². The van der Waals surface area contributed by atoms with Gasteiger partial charge in [0.25, 0.3) is 5.91 Å². The first-order chi connectivity index (χ1) is 12.1. The smallest absolute Gasteiger partial charge is 0.256 e. The van der Waals surface area contributed by atoms with Crippen molar-refractivity contribution < 1.29 is 18.3 Å². The maximum atomic E-state index is 13.8. The molecule has 0 N–H and O–H groups in total. The minimum Gasteiger partial charge on any atom is -0.477 e. The molecule has 2 heterocycles. The van der Waals surface area contributed by atoms with E-state index >= 15 is 0 Å². The molecule has 0 saturated carbocycles. The van der Waals surface area contributed by atoms with Crippen molar-refractivity contribution in [2.24, 2.45) is 0 Å². The molecular formula is C17H18F2N4O2. The molecule has 1 aliphatic heterocycles. The highest BCUT2D eigenvalue weighted by atomic mass is 19.1. The van der Waals surface area contributed by atoms with Crippen molar-refractivity contribution in [3.05, 3.63) is 47.5 Å². The molecule has 6 nitrogen and oxygen atoms in total. The molecule has 25 heavy (non-hydrogen) atoms. The summed E-state index contributed by atoms with van der Waals surface area (Å²) in [5.41, 5.74) is -0.115. The van der Waals surface area contributed by atoms with Gasteiger partial charge in [0.15, 0.2) is 5.82 Å². The summed E-state index contributed by atoms with van der Waals surface area (Å²) in [6.07, 6.45) is 0. The van der Waals surface area contributed by atoms with Gasteiger partial charge in [-0.25, -0.2) is 8.78 Å². The Labute approximate surface area is 144 Å². The Bertz CT molecular complexity index is 747. The third kappa shape index (κ3) is 3.84. The third-order valence-corrected chi connectivity index (χ3v) is 3.97. The first-order valence-electron chi connectivity index (χ1n) is 8.04. The van der Waals surface area contributed by atoms with E-state index in [1.807, 2.05) is 17.9 Å². The van der Waals surface area contributed by atoms with Crippen LogP contribution in [0.3, 0.4) is 0 Å². The number of aromatic nitrogens is 2. The molecule has 0 radical (unpaired) electrons. The summed E-state index contributed by atoms with van der Waals surface area (Å²) in [4.78, 5) is 15.9. The number of amides is 1. The Kier molecular flexibility index (Phi) is 5.06. The number of halogens is 2. The molecule has 8 heteroatoms. The molecular weight excluding hydrogens is 330 g/mol. The predicted molar refractivity (Wildman–Crippen MR) is 87.7 cm³/mol. The van der Waals surface area contributed by atoms with Gasteiger partial charge in [0, 0.05) is 38.3 Å². The van der Waals surface area contributed by atoms with Gasteiger partial charge in [-0.2, -0.15) is 0 Å². The van der Waals surface area contributed by atoms with E-state index in [4.69, 9.17) is 4.74 Å². The van der Waals surface area contributed by atoms with Crippen molar-refractivity contribution in [2.75, 3.05) is 37.7 Å². The van der Waals surface area contributed by atoms with Gasteiger partial charge < -0.3 is 14.5 Å². The summed E-state index contributed by atoms with van der Waals surface area (Å²) in [7, 11) is 0. The average Bonchev–Trinajstić information content (AvgIpc) is 2.62. The largest absolute Gasteiger partial charge is 0.477 e. The fraction of sp³-hybridized carbons (Fsp3) is 0.353. The van der Waals surface area contributed by atoms with Crippen LogP contribution in [-0.4, -0.2) is 53.8 Å². The number of nitrogens with zero attached hydrogens (tertiary/aromatic N) is 4. The van der Waals surface area contributed by atoms with E-state index in [1.54, 1.807) is 11.0 Å². The molecule has 1 saturated heterocycles. The lowest BCUT2D eigenvalue weighted by Crippen LogP contribution is -2.49. The molecule has 132 valence electrons. The van der Waals surface area contributed by atoms with Crippen LogP contribution in [0.4, 0.5) is 14.6 Å². The van der Waals surface area contributed by atoms with Gasteiger partial charge in [-0.05, 0) is 25.1 Å². The van der Waals surface area contributed by atoms with Gasteiger partial charge in [-0.15, -0.1) is 10.2 Å². The van der Waals surface area contributed by atoms with Crippen LogP contribution >= 0.6 is 0 Å². The molecule has 1 aliphatic rings. The zero-order chi connectivity index (χ0) is 17.8. The number of carbonyl (C=O) groups is 1. The molecule has 0 aliphatic carbocycles. The van der Waals surface area contributed by atoms with Gasteiger partial charge in [0.1, 0.15) is 11.6 Å². The van der Waals surface area contributed by atoms with Crippen LogP contribution < -0.4 is 9.64 Å². The second kappa shape index (κ2) is 7.42. The second-order valence-corrected chi connectivity index (χ2v) is 5.57. The Morgan fingerprint density at radius 1 is 1.12 bits per heavy atom. The van der Waals surface area contributed by atoms with Crippen LogP contribution in [-0.2, 0) is 0 Å². The van der Waals surface area contributed by atoms with Crippen molar-refractivity contribution in [1.29, 1.82) is 0 Å². The number of hydrogen-bond acceptors (Lipinski definition) is 5. The molecule has 0 unspecified atom stereocenters. The maximum absolute atomic E-state index is 13.8. The number of ether oxygens (including phenoxy) is 1. The number of piperazine rings is 1. The highest BCUT2D eigenvalue weighted by molar-refractivity contribution is 5.94. The van der Waals surface area contributed by atoms with Crippen LogP contribution in [0.15, 0.2) is 30.3 Å². The minimum atomic E-state index is -0.843. The maximum Gasteiger partial charge on any atom is 0.256 e. The summed E-state index contributed by atoms with van der Waals surface area (Å²) in [5, 5.41) is 8.10. The lowest BCUT2D eigenvalue weighted by atomic mass is 10.1. The zero-order valence-corrected chi connectivity index (χ0v) is 13.8. The van der Waals surface area contributed by atoms with E-state index in [-0.39, 0.29) is 5.56 Å². The van der Waals surface area contributed by atoms with E-state index in [0.29, 0.717) is 44.5 Å². The van der Waals surface area contributed by atoms with Gasteiger partial charge >= 0.3 is 0 Å². The van der Waals surface area contributed by atoms with Crippen LogP contribution in [0.25, 0.3) is 0 Å². The van der Waals surface area contributed by atoms with Crippen molar-refractivity contribution in [3.8, 4) is 5.88 Å². The standard InChI is InChI=1S/C17H18F2N4O2/c1-2-25-16-6-5-15(20-21-16)22-7-9-23(10-8-22)17(24)13-4-3-12(18)11-14(13)19/h3-6,11H,2,7-10H2,1H3. The number of hydrogen-bond donors (Lipinski definition) is 0. The molecule has 2 aromatic rings. The Hall–Kier alpha value is -2.77. The quantitative estimate of drug-likeness (QED) is 0.847. The molecule has 1 aromatic carbocycles. The van der Waals surface area contributed by atoms with Crippen LogP contribution in [0, 0.1) is 11.6 Å². The lowest BCUT2D eigenvalue weighted by molar-refractivity contribution is 0.0741. The number of benzene rings is 1. The molecule has 1 amide bonds. The predicted octanol–water partition coefficient (Wildman–Crippen LogP) is 2.12. The summed E-state index contributed by atoms with van der Waals surface area (Å²) in [6.45, 7) is 4.34. The summed E-state index contributed by atoms with van der Waals surface area (Å²) < 4.78 is 32.0. The van der Waals surface area contributed by atoms with Crippen LogP contribution in [0.1, 0.15) is 17.3 Å². The zero-order valence-electron chi connectivity index (χ0n) is 13.8. The van der Waals surface area contributed by atoms with Crippen molar-refractivity contribution in [2.45, 2.75) is 6.92 Å². The lowest BCUT2D eigenvalue weighted by Gasteiger charge is -2.35. The van der Waals surface area contributed by atoms with Crippen molar-refractivity contribution in [1.82, 2.24) is 15.1 Å². The van der Waals surface area contributed by atoms with E-state index in [0.717, 1.165) is 12.1 Å². The first-order valence-corrected chi connectivity index (χ1v) is 8.04. The topological polar surface area (TPSA) is 58.6 Å². The number of anilines is 1. The normalized spacial score (nSPS) is 14.5. The molecule has 3 rings (SSSR count). The van der Waals surface area contributed by atoms with Crippen LogP contribution in [0.5, 0.6) is 5.88 Å². The molecule has 1 fully saturated rings. The Morgan fingerprint density at radius 3 is 2.48 bits per heavy atom. The highest BCUT2D eigenvalue weighted by Gasteiger charge is 2.25. The number of rotatable bonds is 4. The van der Waals surface area contributed by atoms with E-state index in [2.05, 4.69) is 10.2 Å². The summed E-state index contributed by atoms with van der Waals surface area (Å²) in [5.74, 6) is -0.817.